The Kier molecular flexibility index (Phi) is 2.77. The SMILES string of the molecule is CC(C)c1nc2cccc(CC=O)c2n1C. The molecule has 0 radical (unpaired) electrons. The van der Waals surface area contributed by atoms with Crippen LogP contribution in [0.4, 0.5) is 0 Å². The monoisotopic (exact) mass is 216 g/mol. The summed E-state index contributed by atoms with van der Waals surface area (Å²) in [7, 11) is 2.01. The van der Waals surface area contributed by atoms with Gasteiger partial charge in [-0.1, -0.05) is 26.0 Å². The number of nitrogens with zero attached hydrogens (tertiary/aromatic N) is 2. The zero-order valence-electron chi connectivity index (χ0n) is 9.90. The van der Waals surface area contributed by atoms with Crippen LogP contribution in [0.25, 0.3) is 11.0 Å². The number of benzene rings is 1. The van der Waals surface area contributed by atoms with Gasteiger partial charge in [-0.25, -0.2) is 4.98 Å². The molecule has 0 unspecified atom stereocenters. The third-order valence-electron chi connectivity index (χ3n) is 2.83. The van der Waals surface area contributed by atoms with Crippen molar-refractivity contribution in [1.29, 1.82) is 0 Å². The molecule has 0 N–H and O–H groups in total. The highest BCUT2D eigenvalue weighted by atomic mass is 16.1. The number of carbonyl (C=O) groups excluding carboxylic acids is 1. The Morgan fingerprint density at radius 1 is 1.44 bits per heavy atom. The van der Waals surface area contributed by atoms with Crippen LogP contribution < -0.4 is 0 Å². The third kappa shape index (κ3) is 1.62. The third-order valence-corrected chi connectivity index (χ3v) is 2.83. The van der Waals surface area contributed by atoms with Crippen LogP contribution in [0, 0.1) is 0 Å². The summed E-state index contributed by atoms with van der Waals surface area (Å²) in [6.07, 6.45) is 1.39. The molecule has 0 bridgehead atoms. The average molecular weight is 216 g/mol. The molecule has 2 aromatic rings. The Bertz CT molecular complexity index is 526. The zero-order chi connectivity index (χ0) is 11.7. The molecule has 0 aliphatic heterocycles. The smallest absolute Gasteiger partial charge is 0.124 e. The highest BCUT2D eigenvalue weighted by molar-refractivity contribution is 5.82. The fourth-order valence-electron chi connectivity index (χ4n) is 2.14. The van der Waals surface area contributed by atoms with Crippen molar-refractivity contribution in [3.8, 4) is 0 Å². The first-order valence-electron chi connectivity index (χ1n) is 5.53. The van der Waals surface area contributed by atoms with Crippen LogP contribution in [0.15, 0.2) is 18.2 Å². The van der Waals surface area contributed by atoms with E-state index in [0.717, 1.165) is 28.7 Å². The van der Waals surface area contributed by atoms with Gasteiger partial charge < -0.3 is 9.36 Å². The van der Waals surface area contributed by atoms with Crippen molar-refractivity contribution in [2.45, 2.75) is 26.2 Å². The van der Waals surface area contributed by atoms with E-state index in [9.17, 15) is 4.79 Å². The van der Waals surface area contributed by atoms with E-state index in [1.54, 1.807) is 0 Å². The average Bonchev–Trinajstić information content (AvgIpc) is 2.58. The van der Waals surface area contributed by atoms with Gasteiger partial charge in [0.15, 0.2) is 0 Å². The predicted molar refractivity (Wildman–Crippen MR) is 64.6 cm³/mol. The zero-order valence-corrected chi connectivity index (χ0v) is 9.90. The molecular formula is C13H16N2O. The first-order valence-corrected chi connectivity index (χ1v) is 5.53. The van der Waals surface area contributed by atoms with Gasteiger partial charge in [0.25, 0.3) is 0 Å². The standard InChI is InChI=1S/C13H16N2O/c1-9(2)13-14-11-6-4-5-10(7-8-16)12(11)15(13)3/h4-6,8-9H,7H2,1-3H3. The van der Waals surface area contributed by atoms with E-state index in [-0.39, 0.29) is 0 Å². The van der Waals surface area contributed by atoms with E-state index in [1.165, 1.54) is 0 Å². The maximum atomic E-state index is 10.6. The molecule has 1 heterocycles. The number of hydrogen-bond acceptors (Lipinski definition) is 2. The van der Waals surface area contributed by atoms with Crippen LogP contribution in [0.2, 0.25) is 0 Å². The number of imidazole rings is 1. The summed E-state index contributed by atoms with van der Waals surface area (Å²) >= 11 is 0. The minimum atomic E-state index is 0.390. The Morgan fingerprint density at radius 2 is 2.19 bits per heavy atom. The summed E-state index contributed by atoms with van der Waals surface area (Å²) in [5, 5.41) is 0. The van der Waals surface area contributed by atoms with Gasteiger partial charge in [-0.3, -0.25) is 0 Å². The first-order chi connectivity index (χ1) is 7.65. The van der Waals surface area contributed by atoms with Gasteiger partial charge in [0.05, 0.1) is 11.0 Å². The van der Waals surface area contributed by atoms with Crippen molar-refractivity contribution in [2.24, 2.45) is 7.05 Å². The molecule has 16 heavy (non-hydrogen) atoms. The number of carbonyl (C=O) groups is 1. The first kappa shape index (κ1) is 10.9. The highest BCUT2D eigenvalue weighted by Gasteiger charge is 2.13. The van der Waals surface area contributed by atoms with Crippen molar-refractivity contribution in [3.63, 3.8) is 0 Å². The number of fused-ring (bicyclic) bond motifs is 1. The van der Waals surface area contributed by atoms with E-state index in [1.807, 2.05) is 25.2 Å². The lowest BCUT2D eigenvalue weighted by Crippen LogP contribution is -2.01. The van der Waals surface area contributed by atoms with Crippen molar-refractivity contribution < 1.29 is 4.79 Å². The van der Waals surface area contributed by atoms with E-state index < -0.39 is 0 Å². The van der Waals surface area contributed by atoms with Crippen molar-refractivity contribution in [3.05, 3.63) is 29.6 Å². The summed E-state index contributed by atoms with van der Waals surface area (Å²) in [4.78, 5) is 15.2. The molecule has 3 heteroatoms. The van der Waals surface area contributed by atoms with Crippen LogP contribution in [0.5, 0.6) is 0 Å². The van der Waals surface area contributed by atoms with Gasteiger partial charge in [-0.2, -0.15) is 0 Å². The van der Waals surface area contributed by atoms with Crippen molar-refractivity contribution in [2.75, 3.05) is 0 Å². The van der Waals surface area contributed by atoms with Gasteiger partial charge >= 0.3 is 0 Å². The molecule has 0 aliphatic rings. The Morgan fingerprint density at radius 3 is 2.81 bits per heavy atom. The molecule has 0 aliphatic carbocycles. The van der Waals surface area contributed by atoms with Crippen LogP contribution in [-0.4, -0.2) is 15.8 Å². The van der Waals surface area contributed by atoms with E-state index in [0.29, 0.717) is 12.3 Å². The van der Waals surface area contributed by atoms with Gasteiger partial charge in [0.2, 0.25) is 0 Å². The normalized spacial score (nSPS) is 11.2. The Labute approximate surface area is 95.1 Å². The number of hydrogen-bond donors (Lipinski definition) is 0. The number of rotatable bonds is 3. The quantitative estimate of drug-likeness (QED) is 0.739. The van der Waals surface area contributed by atoms with Crippen molar-refractivity contribution in [1.82, 2.24) is 9.55 Å². The molecule has 1 aromatic carbocycles. The fourth-order valence-corrected chi connectivity index (χ4v) is 2.14. The largest absolute Gasteiger partial charge is 0.331 e. The number of para-hydroxylation sites is 1. The minimum Gasteiger partial charge on any atom is -0.331 e. The maximum absolute atomic E-state index is 10.6. The van der Waals surface area contributed by atoms with Crippen LogP contribution in [0.1, 0.15) is 31.2 Å². The van der Waals surface area contributed by atoms with Gasteiger partial charge in [-0.05, 0) is 11.6 Å². The Hall–Kier alpha value is -1.64. The molecular weight excluding hydrogens is 200 g/mol. The van der Waals surface area contributed by atoms with E-state index in [4.69, 9.17) is 0 Å². The fraction of sp³-hybridized carbons (Fsp3) is 0.385. The minimum absolute atomic E-state index is 0.390. The lowest BCUT2D eigenvalue weighted by molar-refractivity contribution is -0.107. The maximum Gasteiger partial charge on any atom is 0.124 e. The summed E-state index contributed by atoms with van der Waals surface area (Å²) in [6, 6.07) is 5.94. The molecule has 0 fully saturated rings. The summed E-state index contributed by atoms with van der Waals surface area (Å²) in [5.74, 6) is 1.45. The van der Waals surface area contributed by atoms with E-state index in [2.05, 4.69) is 23.4 Å². The summed E-state index contributed by atoms with van der Waals surface area (Å²) in [5.41, 5.74) is 3.11. The lowest BCUT2D eigenvalue weighted by Gasteiger charge is -2.06. The molecule has 1 aromatic heterocycles. The molecule has 2 rings (SSSR count). The van der Waals surface area contributed by atoms with Crippen LogP contribution in [0.3, 0.4) is 0 Å². The van der Waals surface area contributed by atoms with Crippen molar-refractivity contribution >= 4 is 17.3 Å². The molecule has 0 atom stereocenters. The van der Waals surface area contributed by atoms with Gasteiger partial charge in [0.1, 0.15) is 12.1 Å². The molecule has 0 saturated heterocycles. The molecule has 0 spiro atoms. The molecule has 0 saturated carbocycles. The van der Waals surface area contributed by atoms with Crippen LogP contribution in [-0.2, 0) is 18.3 Å². The Balaban J connectivity index is 2.71. The number of aromatic nitrogens is 2. The second-order valence-corrected chi connectivity index (χ2v) is 4.34. The summed E-state index contributed by atoms with van der Waals surface area (Å²) < 4.78 is 2.10. The number of aldehydes is 1. The number of aryl methyl sites for hydroxylation is 1. The predicted octanol–water partition coefficient (Wildman–Crippen LogP) is 2.44. The van der Waals surface area contributed by atoms with Gasteiger partial charge in [-0.15, -0.1) is 0 Å². The van der Waals surface area contributed by atoms with E-state index >= 15 is 0 Å². The molecule has 0 amide bonds. The second-order valence-electron chi connectivity index (χ2n) is 4.34. The molecule has 84 valence electrons. The second kappa shape index (κ2) is 4.08. The highest BCUT2D eigenvalue weighted by Crippen LogP contribution is 2.23. The summed E-state index contributed by atoms with van der Waals surface area (Å²) in [6.45, 7) is 4.25. The lowest BCUT2D eigenvalue weighted by atomic mass is 10.1. The van der Waals surface area contributed by atoms with Crippen LogP contribution >= 0.6 is 0 Å². The topological polar surface area (TPSA) is 34.9 Å². The molecule has 3 nitrogen and oxygen atoms in total. The van der Waals surface area contributed by atoms with Gasteiger partial charge in [0, 0.05) is 19.4 Å².